The Balaban J connectivity index is 2.69. The van der Waals surface area contributed by atoms with Gasteiger partial charge in [-0.1, -0.05) is 20.8 Å². The summed E-state index contributed by atoms with van der Waals surface area (Å²) < 4.78 is 5.71. The minimum atomic E-state index is -0.146. The Labute approximate surface area is 69.3 Å². The van der Waals surface area contributed by atoms with E-state index in [1.807, 2.05) is 0 Å². The van der Waals surface area contributed by atoms with Crippen molar-refractivity contribution in [1.82, 2.24) is 5.32 Å². The van der Waals surface area contributed by atoms with Crippen LogP contribution in [0, 0.1) is 5.41 Å². The Morgan fingerprint density at radius 2 is 2.00 bits per heavy atom. The van der Waals surface area contributed by atoms with Gasteiger partial charge in [-0.3, -0.25) is 5.32 Å². The molecular formula is C9H19NO. The molecule has 0 aromatic carbocycles. The molecule has 2 nitrogen and oxygen atoms in total. The van der Waals surface area contributed by atoms with E-state index in [0.29, 0.717) is 6.04 Å². The Morgan fingerprint density at radius 1 is 1.45 bits per heavy atom. The Hall–Kier alpha value is -0.0800. The molecule has 66 valence electrons. The summed E-state index contributed by atoms with van der Waals surface area (Å²) in [6.07, 6.45) is 0. The molecule has 1 aliphatic rings. The lowest BCUT2D eigenvalue weighted by Gasteiger charge is -2.37. The zero-order chi connectivity index (χ0) is 8.70. The highest BCUT2D eigenvalue weighted by Crippen LogP contribution is 2.34. The fourth-order valence-electron chi connectivity index (χ4n) is 1.28. The quantitative estimate of drug-likeness (QED) is 0.578. The van der Waals surface area contributed by atoms with Crippen LogP contribution in [-0.4, -0.2) is 18.4 Å². The van der Waals surface area contributed by atoms with E-state index in [2.05, 4.69) is 39.9 Å². The average molecular weight is 157 g/mol. The summed E-state index contributed by atoms with van der Waals surface area (Å²) in [4.78, 5) is 0. The lowest BCUT2D eigenvalue weighted by Crippen LogP contribution is -2.50. The Kier molecular flexibility index (Phi) is 2.01. The van der Waals surface area contributed by atoms with Gasteiger partial charge >= 0.3 is 0 Å². The van der Waals surface area contributed by atoms with E-state index in [0.717, 1.165) is 6.61 Å². The van der Waals surface area contributed by atoms with E-state index in [1.165, 1.54) is 0 Å². The van der Waals surface area contributed by atoms with Gasteiger partial charge in [0.1, 0.15) is 5.72 Å². The Bertz CT molecular complexity index is 150. The molecule has 2 atom stereocenters. The smallest absolute Gasteiger partial charge is 0.121 e. The summed E-state index contributed by atoms with van der Waals surface area (Å²) in [6.45, 7) is 11.7. The van der Waals surface area contributed by atoms with E-state index in [4.69, 9.17) is 4.74 Å². The van der Waals surface area contributed by atoms with Gasteiger partial charge in [-0.15, -0.1) is 0 Å². The third-order valence-electron chi connectivity index (χ3n) is 2.58. The van der Waals surface area contributed by atoms with E-state index in [-0.39, 0.29) is 11.1 Å². The maximum absolute atomic E-state index is 5.71. The van der Waals surface area contributed by atoms with Crippen molar-refractivity contribution in [3.8, 4) is 0 Å². The first-order valence-electron chi connectivity index (χ1n) is 4.27. The summed E-state index contributed by atoms with van der Waals surface area (Å²) >= 11 is 0. The van der Waals surface area contributed by atoms with Crippen molar-refractivity contribution in [1.29, 1.82) is 0 Å². The second-order valence-corrected chi connectivity index (χ2v) is 4.64. The van der Waals surface area contributed by atoms with Crippen LogP contribution in [0.3, 0.4) is 0 Å². The lowest BCUT2D eigenvalue weighted by molar-refractivity contribution is -0.0766. The van der Waals surface area contributed by atoms with Gasteiger partial charge in [0.25, 0.3) is 0 Å². The van der Waals surface area contributed by atoms with Gasteiger partial charge in [0.2, 0.25) is 0 Å². The number of hydrogen-bond donors (Lipinski definition) is 1. The number of rotatable bonds is 0. The first-order chi connectivity index (χ1) is 4.85. The lowest BCUT2D eigenvalue weighted by atomic mass is 9.84. The molecule has 0 amide bonds. The van der Waals surface area contributed by atoms with Crippen LogP contribution in [0.4, 0.5) is 0 Å². The summed E-state index contributed by atoms with van der Waals surface area (Å²) in [6, 6.07) is 0.485. The normalized spacial score (nSPS) is 39.5. The van der Waals surface area contributed by atoms with Crippen molar-refractivity contribution in [3.63, 3.8) is 0 Å². The molecule has 1 rings (SSSR count). The number of nitrogens with one attached hydrogen (secondary N) is 1. The molecule has 2 unspecified atom stereocenters. The minimum absolute atomic E-state index is 0.146. The highest BCUT2D eigenvalue weighted by molar-refractivity contribution is 4.92. The minimum Gasteiger partial charge on any atom is -0.359 e. The summed E-state index contributed by atoms with van der Waals surface area (Å²) in [5, 5.41) is 3.45. The third kappa shape index (κ3) is 1.57. The van der Waals surface area contributed by atoms with Gasteiger partial charge in [-0.05, 0) is 13.8 Å². The van der Waals surface area contributed by atoms with E-state index in [1.54, 1.807) is 0 Å². The first kappa shape index (κ1) is 9.01. The van der Waals surface area contributed by atoms with Gasteiger partial charge in [-0.25, -0.2) is 0 Å². The molecule has 0 radical (unpaired) electrons. The third-order valence-corrected chi connectivity index (χ3v) is 2.58. The van der Waals surface area contributed by atoms with Crippen LogP contribution in [0.15, 0.2) is 0 Å². The van der Waals surface area contributed by atoms with Crippen molar-refractivity contribution >= 4 is 0 Å². The predicted molar refractivity (Wildman–Crippen MR) is 46.4 cm³/mol. The van der Waals surface area contributed by atoms with Gasteiger partial charge in [0.15, 0.2) is 0 Å². The molecule has 0 aliphatic carbocycles. The zero-order valence-electron chi connectivity index (χ0n) is 8.19. The highest BCUT2D eigenvalue weighted by Gasteiger charge is 2.43. The van der Waals surface area contributed by atoms with Crippen molar-refractivity contribution in [2.45, 2.75) is 46.4 Å². The van der Waals surface area contributed by atoms with Crippen LogP contribution in [0.1, 0.15) is 34.6 Å². The van der Waals surface area contributed by atoms with E-state index in [9.17, 15) is 0 Å². The van der Waals surface area contributed by atoms with Crippen LogP contribution in [0.2, 0.25) is 0 Å². The molecule has 0 bridgehead atoms. The molecule has 1 saturated heterocycles. The largest absolute Gasteiger partial charge is 0.359 e. The van der Waals surface area contributed by atoms with Crippen molar-refractivity contribution < 1.29 is 4.74 Å². The molecule has 1 heterocycles. The summed E-state index contributed by atoms with van der Waals surface area (Å²) in [5.41, 5.74) is 0.0180. The van der Waals surface area contributed by atoms with Crippen LogP contribution in [-0.2, 0) is 4.74 Å². The van der Waals surface area contributed by atoms with Crippen LogP contribution < -0.4 is 5.32 Å². The van der Waals surface area contributed by atoms with Crippen molar-refractivity contribution in [3.05, 3.63) is 0 Å². The number of hydrogen-bond acceptors (Lipinski definition) is 2. The molecule has 0 aromatic heterocycles. The Morgan fingerprint density at radius 3 is 2.18 bits per heavy atom. The van der Waals surface area contributed by atoms with E-state index >= 15 is 0 Å². The van der Waals surface area contributed by atoms with E-state index < -0.39 is 0 Å². The number of ether oxygens (including phenoxy) is 1. The second kappa shape index (κ2) is 2.46. The molecule has 11 heavy (non-hydrogen) atoms. The van der Waals surface area contributed by atoms with Gasteiger partial charge in [0, 0.05) is 11.5 Å². The second-order valence-electron chi connectivity index (χ2n) is 4.64. The highest BCUT2D eigenvalue weighted by atomic mass is 16.5. The molecular weight excluding hydrogens is 138 g/mol. The van der Waals surface area contributed by atoms with Crippen molar-refractivity contribution in [2.75, 3.05) is 6.61 Å². The summed E-state index contributed by atoms with van der Waals surface area (Å²) in [7, 11) is 0. The molecule has 1 aliphatic heterocycles. The standard InChI is InChI=1S/C9H19NO/c1-7-6-11-9(5,10-7)8(2,3)4/h7,10H,6H2,1-5H3. The van der Waals surface area contributed by atoms with Gasteiger partial charge < -0.3 is 4.74 Å². The molecule has 1 N–H and O–H groups in total. The fraction of sp³-hybridized carbons (Fsp3) is 1.00. The monoisotopic (exact) mass is 157 g/mol. The molecule has 0 aromatic rings. The molecule has 0 saturated carbocycles. The zero-order valence-corrected chi connectivity index (χ0v) is 8.19. The first-order valence-corrected chi connectivity index (χ1v) is 4.27. The average Bonchev–Trinajstić information content (AvgIpc) is 2.10. The molecule has 0 spiro atoms. The summed E-state index contributed by atoms with van der Waals surface area (Å²) in [5.74, 6) is 0. The van der Waals surface area contributed by atoms with Gasteiger partial charge in [0.05, 0.1) is 6.61 Å². The van der Waals surface area contributed by atoms with Crippen LogP contribution in [0.5, 0.6) is 0 Å². The maximum Gasteiger partial charge on any atom is 0.121 e. The fourth-order valence-corrected chi connectivity index (χ4v) is 1.28. The van der Waals surface area contributed by atoms with Crippen LogP contribution in [0.25, 0.3) is 0 Å². The molecule has 2 heteroatoms. The van der Waals surface area contributed by atoms with Gasteiger partial charge in [-0.2, -0.15) is 0 Å². The predicted octanol–water partition coefficient (Wildman–Crippen LogP) is 1.76. The van der Waals surface area contributed by atoms with Crippen molar-refractivity contribution in [2.24, 2.45) is 5.41 Å². The topological polar surface area (TPSA) is 21.3 Å². The SMILES string of the molecule is CC1COC(C)(C(C)(C)C)N1. The maximum atomic E-state index is 5.71. The van der Waals surface area contributed by atoms with Crippen LogP contribution >= 0.6 is 0 Å². The molecule has 1 fully saturated rings.